The largest absolute Gasteiger partial charge is 0.485 e. The zero-order valence-corrected chi connectivity index (χ0v) is 17.2. The predicted octanol–water partition coefficient (Wildman–Crippen LogP) is 3.52. The first kappa shape index (κ1) is 21.8. The molecule has 3 aromatic carbocycles. The van der Waals surface area contributed by atoms with Gasteiger partial charge in [-0.15, -0.1) is 0 Å². The normalized spacial score (nSPS) is 10.7. The molecular formula is C25H30N2O3. The van der Waals surface area contributed by atoms with Crippen molar-refractivity contribution in [3.05, 3.63) is 95.6 Å². The first-order valence-corrected chi connectivity index (χ1v) is 10.3. The van der Waals surface area contributed by atoms with Crippen molar-refractivity contribution in [1.82, 2.24) is 10.6 Å². The Bertz CT molecular complexity index is 857. The van der Waals surface area contributed by atoms with Gasteiger partial charge in [-0.25, -0.2) is 0 Å². The smallest absolute Gasteiger partial charge is 0.162 e. The standard InChI is InChI=1S/C25H30N2O3/c28-16-15-26-13-14-27-18-23-11-12-24(29-19-21-7-3-1-4-8-21)25(17-23)30-20-22-9-5-2-6-10-22/h1-12,17,26-28H,13-16,18-20H2. The molecule has 0 radical (unpaired) electrons. The van der Waals surface area contributed by atoms with E-state index in [2.05, 4.69) is 28.8 Å². The lowest BCUT2D eigenvalue weighted by Crippen LogP contribution is -2.28. The summed E-state index contributed by atoms with van der Waals surface area (Å²) in [6.45, 7) is 4.14. The van der Waals surface area contributed by atoms with Crippen LogP contribution in [-0.4, -0.2) is 31.3 Å². The number of aliphatic hydroxyl groups is 1. The summed E-state index contributed by atoms with van der Waals surface area (Å²) in [7, 11) is 0. The van der Waals surface area contributed by atoms with Crippen LogP contribution in [0.5, 0.6) is 11.5 Å². The summed E-state index contributed by atoms with van der Waals surface area (Å²) < 4.78 is 12.2. The molecule has 30 heavy (non-hydrogen) atoms. The van der Waals surface area contributed by atoms with E-state index >= 15 is 0 Å². The fourth-order valence-electron chi connectivity index (χ4n) is 2.98. The molecule has 0 aliphatic rings. The van der Waals surface area contributed by atoms with Crippen LogP contribution in [0.25, 0.3) is 0 Å². The number of aliphatic hydroxyl groups excluding tert-OH is 1. The number of hydrogen-bond donors (Lipinski definition) is 3. The number of hydrogen-bond acceptors (Lipinski definition) is 5. The molecule has 0 aliphatic carbocycles. The fourth-order valence-corrected chi connectivity index (χ4v) is 2.98. The predicted molar refractivity (Wildman–Crippen MR) is 120 cm³/mol. The van der Waals surface area contributed by atoms with Gasteiger partial charge in [0.25, 0.3) is 0 Å². The van der Waals surface area contributed by atoms with Crippen LogP contribution in [-0.2, 0) is 19.8 Å². The van der Waals surface area contributed by atoms with Crippen molar-refractivity contribution in [1.29, 1.82) is 0 Å². The van der Waals surface area contributed by atoms with Gasteiger partial charge in [0.05, 0.1) is 6.61 Å². The third kappa shape index (κ3) is 7.52. The second-order valence-electron chi connectivity index (χ2n) is 6.98. The van der Waals surface area contributed by atoms with Crippen LogP contribution in [0.2, 0.25) is 0 Å². The Labute approximate surface area is 178 Å². The van der Waals surface area contributed by atoms with Gasteiger partial charge in [-0.2, -0.15) is 0 Å². The lowest BCUT2D eigenvalue weighted by molar-refractivity contribution is 0.255. The molecule has 0 heterocycles. The van der Waals surface area contributed by atoms with Crippen LogP contribution in [0.1, 0.15) is 16.7 Å². The molecule has 5 nitrogen and oxygen atoms in total. The molecule has 0 fully saturated rings. The number of ether oxygens (including phenoxy) is 2. The fraction of sp³-hybridized carbons (Fsp3) is 0.280. The Morgan fingerprint density at radius 1 is 0.600 bits per heavy atom. The minimum absolute atomic E-state index is 0.159. The molecule has 0 atom stereocenters. The molecule has 0 saturated carbocycles. The van der Waals surface area contributed by atoms with E-state index in [4.69, 9.17) is 14.6 Å². The first-order chi connectivity index (χ1) is 14.8. The van der Waals surface area contributed by atoms with Gasteiger partial charge in [0.2, 0.25) is 0 Å². The van der Waals surface area contributed by atoms with E-state index in [0.717, 1.165) is 47.8 Å². The highest BCUT2D eigenvalue weighted by Crippen LogP contribution is 2.30. The maximum Gasteiger partial charge on any atom is 0.162 e. The van der Waals surface area contributed by atoms with Gasteiger partial charge in [0, 0.05) is 26.2 Å². The first-order valence-electron chi connectivity index (χ1n) is 10.3. The van der Waals surface area contributed by atoms with Crippen LogP contribution in [0, 0.1) is 0 Å². The minimum Gasteiger partial charge on any atom is -0.485 e. The number of nitrogens with one attached hydrogen (secondary N) is 2. The van der Waals surface area contributed by atoms with E-state index in [1.165, 1.54) is 0 Å². The topological polar surface area (TPSA) is 62.8 Å². The van der Waals surface area contributed by atoms with Gasteiger partial charge in [-0.3, -0.25) is 0 Å². The molecule has 0 aliphatic heterocycles. The molecule has 158 valence electrons. The maximum absolute atomic E-state index is 8.80. The molecule has 3 aromatic rings. The van der Waals surface area contributed by atoms with Crippen molar-refractivity contribution in [2.45, 2.75) is 19.8 Å². The molecule has 0 spiro atoms. The van der Waals surface area contributed by atoms with Gasteiger partial charge in [0.1, 0.15) is 13.2 Å². The SMILES string of the molecule is OCCNCCNCc1ccc(OCc2ccccc2)c(OCc2ccccc2)c1. The summed E-state index contributed by atoms with van der Waals surface area (Å²) in [4.78, 5) is 0. The highest BCUT2D eigenvalue weighted by Gasteiger charge is 2.08. The summed E-state index contributed by atoms with van der Waals surface area (Å²) in [6, 6.07) is 26.3. The Balaban J connectivity index is 1.62. The monoisotopic (exact) mass is 406 g/mol. The van der Waals surface area contributed by atoms with E-state index in [1.807, 2.05) is 60.7 Å². The van der Waals surface area contributed by atoms with Gasteiger partial charge >= 0.3 is 0 Å². The average molecular weight is 407 g/mol. The highest BCUT2D eigenvalue weighted by molar-refractivity contribution is 5.43. The molecule has 3 rings (SSSR count). The van der Waals surface area contributed by atoms with Crippen molar-refractivity contribution >= 4 is 0 Å². The van der Waals surface area contributed by atoms with Crippen LogP contribution in [0.3, 0.4) is 0 Å². The molecule has 5 heteroatoms. The Hall–Kier alpha value is -2.86. The molecule has 0 aromatic heterocycles. The van der Waals surface area contributed by atoms with Crippen LogP contribution >= 0.6 is 0 Å². The molecule has 0 amide bonds. The maximum atomic E-state index is 8.80. The average Bonchev–Trinajstić information content (AvgIpc) is 2.80. The van der Waals surface area contributed by atoms with Crippen molar-refractivity contribution in [3.63, 3.8) is 0 Å². The van der Waals surface area contributed by atoms with E-state index in [1.54, 1.807) is 0 Å². The van der Waals surface area contributed by atoms with E-state index < -0.39 is 0 Å². The third-order valence-electron chi connectivity index (χ3n) is 4.58. The van der Waals surface area contributed by atoms with Gasteiger partial charge in [0.15, 0.2) is 11.5 Å². The lowest BCUT2D eigenvalue weighted by atomic mass is 10.2. The van der Waals surface area contributed by atoms with Crippen LogP contribution in [0.15, 0.2) is 78.9 Å². The quantitative estimate of drug-likeness (QED) is 0.379. The second-order valence-corrected chi connectivity index (χ2v) is 6.98. The minimum atomic E-state index is 0.159. The second kappa shape index (κ2) is 12.6. The van der Waals surface area contributed by atoms with Crippen molar-refractivity contribution < 1.29 is 14.6 Å². The number of benzene rings is 3. The molecular weight excluding hydrogens is 376 g/mol. The zero-order chi connectivity index (χ0) is 20.9. The lowest BCUT2D eigenvalue weighted by Gasteiger charge is -2.15. The molecule has 0 unspecified atom stereocenters. The van der Waals surface area contributed by atoms with E-state index in [0.29, 0.717) is 19.8 Å². The van der Waals surface area contributed by atoms with Gasteiger partial charge < -0.3 is 25.2 Å². The highest BCUT2D eigenvalue weighted by atomic mass is 16.5. The summed E-state index contributed by atoms with van der Waals surface area (Å²) in [5.74, 6) is 1.48. The molecule has 3 N–H and O–H groups in total. The van der Waals surface area contributed by atoms with Gasteiger partial charge in [-0.1, -0.05) is 66.7 Å². The summed E-state index contributed by atoms with van der Waals surface area (Å²) in [5, 5.41) is 15.4. The van der Waals surface area contributed by atoms with E-state index in [9.17, 15) is 0 Å². The Kier molecular flexibility index (Phi) is 9.21. The van der Waals surface area contributed by atoms with E-state index in [-0.39, 0.29) is 6.61 Å². The Morgan fingerprint density at radius 3 is 1.83 bits per heavy atom. The van der Waals surface area contributed by atoms with Crippen molar-refractivity contribution in [2.75, 3.05) is 26.2 Å². The van der Waals surface area contributed by atoms with Crippen LogP contribution < -0.4 is 20.1 Å². The zero-order valence-electron chi connectivity index (χ0n) is 17.2. The van der Waals surface area contributed by atoms with Gasteiger partial charge in [-0.05, 0) is 28.8 Å². The Morgan fingerprint density at radius 2 is 1.20 bits per heavy atom. The van der Waals surface area contributed by atoms with Crippen molar-refractivity contribution in [2.24, 2.45) is 0 Å². The summed E-state index contributed by atoms with van der Waals surface area (Å²) >= 11 is 0. The van der Waals surface area contributed by atoms with Crippen molar-refractivity contribution in [3.8, 4) is 11.5 Å². The molecule has 0 bridgehead atoms. The third-order valence-corrected chi connectivity index (χ3v) is 4.58. The molecule has 0 saturated heterocycles. The summed E-state index contributed by atoms with van der Waals surface area (Å²) in [5.41, 5.74) is 3.37. The summed E-state index contributed by atoms with van der Waals surface area (Å²) in [6.07, 6.45) is 0. The van der Waals surface area contributed by atoms with Crippen LogP contribution in [0.4, 0.5) is 0 Å². The number of rotatable bonds is 13.